The SMILES string of the molecule is CN(C)C1CCN(c2ccc(Nc3cc(N4OCC[C@@H]4c4ccccc4)ncn3)nc2)CC1. The Morgan fingerprint density at radius 3 is 2.48 bits per heavy atom. The first-order valence-electron chi connectivity index (χ1n) is 11.6. The van der Waals surface area contributed by atoms with Crippen LogP contribution in [-0.2, 0) is 4.84 Å². The normalized spacial score (nSPS) is 19.3. The molecule has 2 aliphatic heterocycles. The second kappa shape index (κ2) is 9.72. The topological polar surface area (TPSA) is 69.7 Å². The maximum atomic E-state index is 5.91. The van der Waals surface area contributed by atoms with E-state index in [-0.39, 0.29) is 6.04 Å². The monoisotopic (exact) mass is 445 g/mol. The van der Waals surface area contributed by atoms with Crippen molar-refractivity contribution in [2.24, 2.45) is 0 Å². The molecular formula is C25H31N7O. The highest BCUT2D eigenvalue weighted by molar-refractivity contribution is 5.58. The molecule has 2 aliphatic rings. The number of hydrogen-bond acceptors (Lipinski definition) is 8. The minimum absolute atomic E-state index is 0.142. The van der Waals surface area contributed by atoms with Gasteiger partial charge in [0, 0.05) is 31.6 Å². The second-order valence-electron chi connectivity index (χ2n) is 8.84. The zero-order valence-electron chi connectivity index (χ0n) is 19.3. The van der Waals surface area contributed by atoms with Crippen LogP contribution < -0.4 is 15.3 Å². The Bertz CT molecular complexity index is 1040. The summed E-state index contributed by atoms with van der Waals surface area (Å²) in [5.41, 5.74) is 2.38. The molecule has 8 nitrogen and oxygen atoms in total. The van der Waals surface area contributed by atoms with Crippen molar-refractivity contribution in [1.82, 2.24) is 19.9 Å². The Labute approximate surface area is 195 Å². The van der Waals surface area contributed by atoms with E-state index in [1.54, 1.807) is 6.33 Å². The summed E-state index contributed by atoms with van der Waals surface area (Å²) < 4.78 is 0. The van der Waals surface area contributed by atoms with Crippen LogP contribution in [-0.4, -0.2) is 59.7 Å². The van der Waals surface area contributed by atoms with Crippen LogP contribution in [0.2, 0.25) is 0 Å². The van der Waals surface area contributed by atoms with Crippen LogP contribution in [0.3, 0.4) is 0 Å². The summed E-state index contributed by atoms with van der Waals surface area (Å²) in [7, 11) is 4.33. The lowest BCUT2D eigenvalue weighted by molar-refractivity contribution is 0.157. The largest absolute Gasteiger partial charge is 0.370 e. The summed E-state index contributed by atoms with van der Waals surface area (Å²) in [5.74, 6) is 2.18. The molecule has 0 radical (unpaired) electrons. The van der Waals surface area contributed by atoms with Gasteiger partial charge in [0.2, 0.25) is 0 Å². The van der Waals surface area contributed by atoms with Crippen molar-refractivity contribution in [2.45, 2.75) is 31.3 Å². The predicted octanol–water partition coefficient (Wildman–Crippen LogP) is 4.03. The number of nitrogens with one attached hydrogen (secondary N) is 1. The molecule has 1 atom stereocenters. The van der Waals surface area contributed by atoms with Crippen LogP contribution >= 0.6 is 0 Å². The van der Waals surface area contributed by atoms with E-state index in [0.29, 0.717) is 18.5 Å². The average Bonchev–Trinajstić information content (AvgIpc) is 3.36. The highest BCUT2D eigenvalue weighted by Gasteiger charge is 2.29. The van der Waals surface area contributed by atoms with Crippen molar-refractivity contribution in [3.63, 3.8) is 0 Å². The van der Waals surface area contributed by atoms with Crippen molar-refractivity contribution < 1.29 is 4.84 Å². The third-order valence-corrected chi connectivity index (χ3v) is 6.53. The maximum Gasteiger partial charge on any atom is 0.158 e. The van der Waals surface area contributed by atoms with Gasteiger partial charge in [-0.15, -0.1) is 0 Å². The number of nitrogens with zero attached hydrogens (tertiary/aromatic N) is 6. The Morgan fingerprint density at radius 1 is 0.939 bits per heavy atom. The first-order valence-corrected chi connectivity index (χ1v) is 11.6. The molecule has 0 aliphatic carbocycles. The molecule has 0 unspecified atom stereocenters. The number of rotatable bonds is 6. The maximum absolute atomic E-state index is 5.91. The van der Waals surface area contributed by atoms with Crippen LogP contribution in [0.5, 0.6) is 0 Å². The zero-order chi connectivity index (χ0) is 22.6. The first kappa shape index (κ1) is 21.6. The lowest BCUT2D eigenvalue weighted by atomic mass is 10.0. The smallest absolute Gasteiger partial charge is 0.158 e. The summed E-state index contributed by atoms with van der Waals surface area (Å²) in [5, 5.41) is 5.19. The molecule has 0 spiro atoms. The molecule has 2 fully saturated rings. The lowest BCUT2D eigenvalue weighted by Crippen LogP contribution is -2.42. The molecule has 33 heavy (non-hydrogen) atoms. The van der Waals surface area contributed by atoms with Gasteiger partial charge >= 0.3 is 0 Å². The van der Waals surface area contributed by atoms with Gasteiger partial charge in [0.25, 0.3) is 0 Å². The Hall–Kier alpha value is -3.23. The van der Waals surface area contributed by atoms with E-state index in [1.807, 2.05) is 29.5 Å². The molecule has 3 aromatic rings. The molecule has 0 saturated carbocycles. The number of anilines is 4. The molecule has 8 heteroatoms. The highest BCUT2D eigenvalue weighted by atomic mass is 16.7. The van der Waals surface area contributed by atoms with Crippen molar-refractivity contribution >= 4 is 23.1 Å². The second-order valence-corrected chi connectivity index (χ2v) is 8.84. The van der Waals surface area contributed by atoms with Crippen molar-refractivity contribution in [1.29, 1.82) is 0 Å². The molecule has 1 N–H and O–H groups in total. The minimum Gasteiger partial charge on any atom is -0.370 e. The molecular weight excluding hydrogens is 414 g/mol. The van der Waals surface area contributed by atoms with Crippen LogP contribution in [0.15, 0.2) is 61.1 Å². The average molecular weight is 446 g/mol. The third-order valence-electron chi connectivity index (χ3n) is 6.53. The van der Waals surface area contributed by atoms with Crippen LogP contribution in [0.1, 0.15) is 30.9 Å². The summed E-state index contributed by atoms with van der Waals surface area (Å²) in [6, 6.07) is 17.2. The zero-order valence-corrected chi connectivity index (χ0v) is 19.3. The fourth-order valence-corrected chi connectivity index (χ4v) is 4.63. The van der Waals surface area contributed by atoms with Crippen molar-refractivity contribution in [2.75, 3.05) is 49.1 Å². The molecule has 0 bridgehead atoms. The van der Waals surface area contributed by atoms with E-state index in [1.165, 1.54) is 18.4 Å². The van der Waals surface area contributed by atoms with Gasteiger partial charge in [-0.1, -0.05) is 30.3 Å². The highest BCUT2D eigenvalue weighted by Crippen LogP contribution is 2.34. The van der Waals surface area contributed by atoms with Gasteiger partial charge in [-0.05, 0) is 44.6 Å². The lowest BCUT2D eigenvalue weighted by Gasteiger charge is -2.36. The van der Waals surface area contributed by atoms with E-state index in [0.717, 1.165) is 36.8 Å². The van der Waals surface area contributed by atoms with Crippen molar-refractivity contribution in [3.8, 4) is 0 Å². The fourth-order valence-electron chi connectivity index (χ4n) is 4.63. The van der Waals surface area contributed by atoms with E-state index >= 15 is 0 Å². The van der Waals surface area contributed by atoms with Gasteiger partial charge in [-0.25, -0.2) is 20.0 Å². The van der Waals surface area contributed by atoms with Crippen LogP contribution in [0.4, 0.5) is 23.1 Å². The first-order chi connectivity index (χ1) is 16.2. The van der Waals surface area contributed by atoms with Gasteiger partial charge in [-0.2, -0.15) is 0 Å². The third kappa shape index (κ3) is 4.91. The number of piperidine rings is 1. The van der Waals surface area contributed by atoms with E-state index in [4.69, 9.17) is 4.84 Å². The molecule has 2 saturated heterocycles. The molecule has 172 valence electrons. The van der Waals surface area contributed by atoms with Gasteiger partial charge in [0.15, 0.2) is 5.82 Å². The Kier molecular flexibility index (Phi) is 6.37. The van der Waals surface area contributed by atoms with Gasteiger partial charge in [0.05, 0.1) is 24.5 Å². The van der Waals surface area contributed by atoms with Gasteiger partial charge < -0.3 is 15.1 Å². The number of hydrogen-bond donors (Lipinski definition) is 1. The van der Waals surface area contributed by atoms with E-state index < -0.39 is 0 Å². The summed E-state index contributed by atoms with van der Waals surface area (Å²) in [6.07, 6.45) is 6.78. The van der Waals surface area contributed by atoms with Gasteiger partial charge in [-0.3, -0.25) is 4.84 Å². The molecule has 4 heterocycles. The fraction of sp³-hybridized carbons (Fsp3) is 0.400. The summed E-state index contributed by atoms with van der Waals surface area (Å²) in [6.45, 7) is 2.79. The molecule has 5 rings (SSSR count). The number of aromatic nitrogens is 3. The molecule has 1 aromatic carbocycles. The Morgan fingerprint density at radius 2 is 1.76 bits per heavy atom. The Balaban J connectivity index is 1.25. The van der Waals surface area contributed by atoms with E-state index in [2.05, 4.69) is 74.5 Å². The quantitative estimate of drug-likeness (QED) is 0.610. The standard InChI is InChI=1S/C25H31N7O/c1-30(2)20-10-13-31(14-11-20)21-8-9-23(26-17-21)29-24-16-25(28-18-27-24)32-22(12-15-33-32)19-6-4-3-5-7-19/h3-9,16-18,20,22H,10-15H2,1-2H3,(H,26,27,28,29)/t22-/m1/s1. The summed E-state index contributed by atoms with van der Waals surface area (Å²) >= 11 is 0. The number of benzene rings is 1. The number of hydroxylamine groups is 1. The van der Waals surface area contributed by atoms with Crippen molar-refractivity contribution in [3.05, 3.63) is 66.6 Å². The molecule has 2 aromatic heterocycles. The van der Waals surface area contributed by atoms with Crippen LogP contribution in [0, 0.1) is 0 Å². The minimum atomic E-state index is 0.142. The predicted molar refractivity (Wildman–Crippen MR) is 131 cm³/mol. The van der Waals surface area contributed by atoms with Crippen LogP contribution in [0.25, 0.3) is 0 Å². The number of pyridine rings is 1. The van der Waals surface area contributed by atoms with E-state index in [9.17, 15) is 0 Å². The molecule has 0 amide bonds. The summed E-state index contributed by atoms with van der Waals surface area (Å²) in [4.78, 5) is 24.1. The van der Waals surface area contributed by atoms with Gasteiger partial charge in [0.1, 0.15) is 18.0 Å².